The van der Waals surface area contributed by atoms with Crippen LogP contribution in [0.2, 0.25) is 0 Å². The molecule has 3 rings (SSSR count). The smallest absolute Gasteiger partial charge is 0.387 e. The minimum absolute atomic E-state index is 0.574. The van der Waals surface area contributed by atoms with Crippen LogP contribution in [-0.4, -0.2) is 4.98 Å². The van der Waals surface area contributed by atoms with Crippen molar-refractivity contribution >= 4 is 22.3 Å². The maximum atomic E-state index is 12.7. The molecule has 0 saturated heterocycles. The number of fused-ring (bicyclic) bond motifs is 1. The molecule has 3 nitrogen and oxygen atoms in total. The summed E-state index contributed by atoms with van der Waals surface area (Å²) in [6, 6.07) is 12.7. The molecule has 134 valence electrons. The molecule has 26 heavy (non-hydrogen) atoms. The zero-order chi connectivity index (χ0) is 18.6. The number of pyridine rings is 1. The van der Waals surface area contributed by atoms with Gasteiger partial charge in [0.2, 0.25) is 0 Å². The number of nitrogens with one attached hydrogen (secondary N) is 2. The van der Waals surface area contributed by atoms with E-state index in [1.54, 1.807) is 6.20 Å². The Labute approximate surface area is 149 Å². The second kappa shape index (κ2) is 7.47. The molecule has 0 aliphatic rings. The lowest BCUT2D eigenvalue weighted by molar-refractivity contribution is -0.137. The van der Waals surface area contributed by atoms with Crippen LogP contribution in [0.1, 0.15) is 18.1 Å². The largest absolute Gasteiger partial charge is 0.416 e. The van der Waals surface area contributed by atoms with E-state index >= 15 is 0 Å². The molecule has 1 heterocycles. The van der Waals surface area contributed by atoms with Crippen molar-refractivity contribution in [2.45, 2.75) is 19.6 Å². The Kier molecular flexibility index (Phi) is 5.11. The van der Waals surface area contributed by atoms with E-state index in [-0.39, 0.29) is 0 Å². The number of hydrogen-bond donors (Lipinski definition) is 2. The minimum Gasteiger partial charge on any atom is -0.387 e. The van der Waals surface area contributed by atoms with Crippen LogP contribution in [-0.2, 0) is 12.7 Å². The van der Waals surface area contributed by atoms with Crippen LogP contribution in [0.4, 0.5) is 24.5 Å². The quantitative estimate of drug-likeness (QED) is 0.622. The third-order valence-corrected chi connectivity index (χ3v) is 3.93. The maximum Gasteiger partial charge on any atom is 0.416 e. The third kappa shape index (κ3) is 3.96. The Balaban J connectivity index is 1.90. The number of aromatic nitrogens is 1. The molecule has 1 aromatic heterocycles. The van der Waals surface area contributed by atoms with Gasteiger partial charge in [0, 0.05) is 23.8 Å². The van der Waals surface area contributed by atoms with Gasteiger partial charge in [-0.15, -0.1) is 0 Å². The molecule has 0 amide bonds. The lowest BCUT2D eigenvalue weighted by Crippen LogP contribution is -2.06. The first-order valence-electron chi connectivity index (χ1n) is 8.14. The van der Waals surface area contributed by atoms with Crippen molar-refractivity contribution < 1.29 is 13.2 Å². The van der Waals surface area contributed by atoms with Crippen molar-refractivity contribution in [2.24, 2.45) is 0 Å². The summed E-state index contributed by atoms with van der Waals surface area (Å²) in [4.78, 5) is 4.43. The molecule has 0 bridgehead atoms. The normalized spacial score (nSPS) is 11.8. The van der Waals surface area contributed by atoms with Crippen molar-refractivity contribution in [1.82, 2.24) is 10.3 Å². The molecule has 0 atom stereocenters. The molecule has 0 fully saturated rings. The topological polar surface area (TPSA) is 37.0 Å². The molecule has 2 aromatic carbocycles. The molecular formula is C20H18F3N3. The van der Waals surface area contributed by atoms with E-state index in [9.17, 15) is 13.2 Å². The Bertz CT molecular complexity index is 916. The standard InChI is InChI=1S/C20H18F3N3/c1-2-11-24-13-14-5-10-18(19-17(14)4-3-12-25-19)26-16-8-6-15(7-9-16)20(21,22)23/h2-12,24,26H,13H2,1H3. The second-order valence-electron chi connectivity index (χ2n) is 5.75. The summed E-state index contributed by atoms with van der Waals surface area (Å²) in [6.45, 7) is 2.59. The fourth-order valence-corrected chi connectivity index (χ4v) is 2.67. The molecule has 0 aliphatic carbocycles. The first-order chi connectivity index (χ1) is 12.5. The lowest BCUT2D eigenvalue weighted by atomic mass is 10.1. The number of alkyl halides is 3. The number of nitrogens with zero attached hydrogens (tertiary/aromatic N) is 1. The summed E-state index contributed by atoms with van der Waals surface area (Å²) in [5, 5.41) is 7.34. The number of halogens is 3. The van der Waals surface area contributed by atoms with Gasteiger partial charge in [0.15, 0.2) is 0 Å². The highest BCUT2D eigenvalue weighted by molar-refractivity contribution is 5.94. The van der Waals surface area contributed by atoms with Gasteiger partial charge in [0.05, 0.1) is 16.8 Å². The number of benzene rings is 2. The predicted molar refractivity (Wildman–Crippen MR) is 98.1 cm³/mol. The van der Waals surface area contributed by atoms with E-state index in [2.05, 4.69) is 15.6 Å². The monoisotopic (exact) mass is 357 g/mol. The summed E-state index contributed by atoms with van der Waals surface area (Å²) in [6.07, 6.45) is 1.15. The van der Waals surface area contributed by atoms with E-state index in [0.717, 1.165) is 34.3 Å². The third-order valence-electron chi connectivity index (χ3n) is 3.93. The number of anilines is 2. The van der Waals surface area contributed by atoms with E-state index < -0.39 is 11.7 Å². The molecule has 0 aliphatic heterocycles. The maximum absolute atomic E-state index is 12.7. The van der Waals surface area contributed by atoms with Gasteiger partial charge in [-0.1, -0.05) is 18.2 Å². The lowest BCUT2D eigenvalue weighted by Gasteiger charge is -2.13. The van der Waals surface area contributed by atoms with Crippen LogP contribution in [0, 0.1) is 0 Å². The van der Waals surface area contributed by atoms with Crippen molar-refractivity contribution in [3.8, 4) is 0 Å². The van der Waals surface area contributed by atoms with Crippen molar-refractivity contribution in [1.29, 1.82) is 0 Å². The van der Waals surface area contributed by atoms with Gasteiger partial charge < -0.3 is 10.6 Å². The fraction of sp³-hybridized carbons (Fsp3) is 0.150. The highest BCUT2D eigenvalue weighted by Gasteiger charge is 2.29. The Morgan fingerprint density at radius 3 is 2.50 bits per heavy atom. The van der Waals surface area contributed by atoms with E-state index in [1.165, 1.54) is 12.1 Å². The summed E-state index contributed by atoms with van der Waals surface area (Å²) < 4.78 is 38.1. The van der Waals surface area contributed by atoms with Gasteiger partial charge in [0.1, 0.15) is 0 Å². The van der Waals surface area contributed by atoms with Gasteiger partial charge in [-0.3, -0.25) is 4.98 Å². The molecule has 2 N–H and O–H groups in total. The van der Waals surface area contributed by atoms with Gasteiger partial charge in [-0.2, -0.15) is 13.2 Å². The van der Waals surface area contributed by atoms with Gasteiger partial charge >= 0.3 is 6.18 Å². The average molecular weight is 357 g/mol. The summed E-state index contributed by atoms with van der Waals surface area (Å²) in [5.41, 5.74) is 2.51. The highest BCUT2D eigenvalue weighted by Crippen LogP contribution is 2.31. The fourth-order valence-electron chi connectivity index (χ4n) is 2.67. The van der Waals surface area contributed by atoms with Crippen molar-refractivity contribution in [3.05, 3.63) is 78.1 Å². The second-order valence-corrected chi connectivity index (χ2v) is 5.75. The number of rotatable bonds is 5. The minimum atomic E-state index is -4.34. The predicted octanol–water partition coefficient (Wildman–Crippen LogP) is 5.62. The molecule has 3 aromatic rings. The van der Waals surface area contributed by atoms with E-state index in [4.69, 9.17) is 0 Å². The van der Waals surface area contributed by atoms with Crippen LogP contribution >= 0.6 is 0 Å². The highest BCUT2D eigenvalue weighted by atomic mass is 19.4. The zero-order valence-corrected chi connectivity index (χ0v) is 14.1. The zero-order valence-electron chi connectivity index (χ0n) is 14.1. The van der Waals surface area contributed by atoms with E-state index in [0.29, 0.717) is 12.2 Å². The average Bonchev–Trinajstić information content (AvgIpc) is 2.63. The van der Waals surface area contributed by atoms with Crippen LogP contribution in [0.3, 0.4) is 0 Å². The summed E-state index contributed by atoms with van der Waals surface area (Å²) in [7, 11) is 0. The van der Waals surface area contributed by atoms with Crippen LogP contribution in [0.25, 0.3) is 10.9 Å². The molecule has 0 unspecified atom stereocenters. The number of allylic oxidation sites excluding steroid dienone is 1. The molecule has 0 spiro atoms. The van der Waals surface area contributed by atoms with E-state index in [1.807, 2.05) is 43.5 Å². The first-order valence-corrected chi connectivity index (χ1v) is 8.14. The molecule has 0 radical (unpaired) electrons. The van der Waals surface area contributed by atoms with Gasteiger partial charge in [0.25, 0.3) is 0 Å². The van der Waals surface area contributed by atoms with Crippen molar-refractivity contribution in [3.63, 3.8) is 0 Å². The Morgan fingerprint density at radius 2 is 1.81 bits per heavy atom. The van der Waals surface area contributed by atoms with Crippen LogP contribution in [0.5, 0.6) is 0 Å². The first kappa shape index (κ1) is 17.8. The summed E-state index contributed by atoms with van der Waals surface area (Å²) in [5.74, 6) is 0. The molecule has 0 saturated carbocycles. The summed E-state index contributed by atoms with van der Waals surface area (Å²) >= 11 is 0. The number of hydrogen-bond acceptors (Lipinski definition) is 3. The van der Waals surface area contributed by atoms with Crippen molar-refractivity contribution in [2.75, 3.05) is 5.32 Å². The van der Waals surface area contributed by atoms with Crippen LogP contribution in [0.15, 0.2) is 67.0 Å². The van der Waals surface area contributed by atoms with Crippen LogP contribution < -0.4 is 10.6 Å². The Morgan fingerprint density at radius 1 is 1.04 bits per heavy atom. The SMILES string of the molecule is CC=CNCc1ccc(Nc2ccc(C(F)(F)F)cc2)c2ncccc12. The molecular weight excluding hydrogens is 339 g/mol. The Hall–Kier alpha value is -3.02. The molecule has 6 heteroatoms. The van der Waals surface area contributed by atoms with Gasteiger partial charge in [-0.05, 0) is 55.1 Å². The van der Waals surface area contributed by atoms with Gasteiger partial charge in [-0.25, -0.2) is 0 Å².